The number of carbonyl (C=O) groups is 2. The van der Waals surface area contributed by atoms with E-state index in [0.717, 1.165) is 49.9 Å². The number of benzene rings is 1. The van der Waals surface area contributed by atoms with E-state index in [1.807, 2.05) is 12.1 Å². The van der Waals surface area contributed by atoms with Crippen molar-refractivity contribution in [2.75, 3.05) is 51.1 Å². The Labute approximate surface area is 187 Å². The van der Waals surface area contributed by atoms with E-state index in [1.165, 1.54) is 53.9 Å². The standard InChI is InChI=1S/C25H38N4O2/c1-19-7-5-10-22(20(19)2)26-24(30)17-27-13-15-28(16-14-27)18-25(31)29-12-6-9-21-8-3-4-11-23(21)29/h5,7,10,21,23H,3-4,6,8-9,11-18H2,1-2H3,(H,26,30)/p+2/t21-,23-/m1/s1. The molecule has 1 aromatic rings. The van der Waals surface area contributed by atoms with Crippen molar-refractivity contribution in [2.24, 2.45) is 5.92 Å². The molecule has 2 atom stereocenters. The lowest BCUT2D eigenvalue weighted by Gasteiger charge is -2.44. The molecular formula is C25H40N4O2+2. The predicted molar refractivity (Wildman–Crippen MR) is 122 cm³/mol. The van der Waals surface area contributed by atoms with Crippen LogP contribution in [0.2, 0.25) is 0 Å². The predicted octanol–water partition coefficient (Wildman–Crippen LogP) is 0.207. The molecule has 0 unspecified atom stereocenters. The van der Waals surface area contributed by atoms with Crippen LogP contribution in [0.3, 0.4) is 0 Å². The molecule has 0 spiro atoms. The van der Waals surface area contributed by atoms with E-state index in [9.17, 15) is 9.59 Å². The van der Waals surface area contributed by atoms with Crippen molar-refractivity contribution in [1.82, 2.24) is 4.90 Å². The van der Waals surface area contributed by atoms with E-state index >= 15 is 0 Å². The molecule has 1 saturated carbocycles. The number of fused-ring (bicyclic) bond motifs is 1. The molecule has 2 heterocycles. The van der Waals surface area contributed by atoms with E-state index in [2.05, 4.69) is 30.1 Å². The number of likely N-dealkylation sites (tertiary alicyclic amines) is 1. The lowest BCUT2D eigenvalue weighted by molar-refractivity contribution is -1.00. The van der Waals surface area contributed by atoms with E-state index in [0.29, 0.717) is 25.0 Å². The normalized spacial score (nSPS) is 28.6. The Morgan fingerprint density at radius 2 is 1.65 bits per heavy atom. The number of amides is 2. The minimum absolute atomic E-state index is 0.0832. The van der Waals surface area contributed by atoms with Crippen molar-refractivity contribution in [3.05, 3.63) is 29.3 Å². The fraction of sp³-hybridized carbons (Fsp3) is 0.680. The number of rotatable bonds is 5. The maximum absolute atomic E-state index is 13.1. The summed E-state index contributed by atoms with van der Waals surface area (Å²) >= 11 is 0. The second-order valence-corrected chi connectivity index (χ2v) is 9.99. The van der Waals surface area contributed by atoms with Gasteiger partial charge in [0, 0.05) is 18.3 Å². The maximum Gasteiger partial charge on any atom is 0.279 e. The Morgan fingerprint density at radius 3 is 2.42 bits per heavy atom. The minimum Gasteiger partial charge on any atom is -0.335 e. The third kappa shape index (κ3) is 5.47. The summed E-state index contributed by atoms with van der Waals surface area (Å²) in [4.78, 5) is 30.6. The zero-order chi connectivity index (χ0) is 21.8. The molecule has 3 aliphatic rings. The number of anilines is 1. The van der Waals surface area contributed by atoms with Gasteiger partial charge in [-0.25, -0.2) is 0 Å². The highest BCUT2D eigenvalue weighted by Gasteiger charge is 2.37. The van der Waals surface area contributed by atoms with Crippen molar-refractivity contribution < 1.29 is 19.4 Å². The van der Waals surface area contributed by atoms with Crippen molar-refractivity contribution in [1.29, 1.82) is 0 Å². The first-order valence-electron chi connectivity index (χ1n) is 12.3. The number of piperidine rings is 1. The van der Waals surface area contributed by atoms with Gasteiger partial charge in [0.2, 0.25) is 0 Å². The summed E-state index contributed by atoms with van der Waals surface area (Å²) < 4.78 is 0. The first-order chi connectivity index (χ1) is 15.0. The minimum atomic E-state index is 0.0832. The summed E-state index contributed by atoms with van der Waals surface area (Å²) in [6.45, 7) is 10.1. The number of piperazine rings is 1. The Balaban J connectivity index is 1.22. The summed E-state index contributed by atoms with van der Waals surface area (Å²) in [6, 6.07) is 6.54. The van der Waals surface area contributed by atoms with Gasteiger partial charge < -0.3 is 20.0 Å². The quantitative estimate of drug-likeness (QED) is 0.628. The largest absolute Gasteiger partial charge is 0.335 e. The van der Waals surface area contributed by atoms with E-state index < -0.39 is 0 Å². The van der Waals surface area contributed by atoms with Gasteiger partial charge in [0.15, 0.2) is 13.1 Å². The Morgan fingerprint density at radius 1 is 0.968 bits per heavy atom. The van der Waals surface area contributed by atoms with Crippen LogP contribution in [0.1, 0.15) is 49.7 Å². The summed E-state index contributed by atoms with van der Waals surface area (Å²) in [6.07, 6.45) is 7.63. The fourth-order valence-electron chi connectivity index (χ4n) is 5.87. The highest BCUT2D eigenvalue weighted by Crippen LogP contribution is 2.35. The summed E-state index contributed by atoms with van der Waals surface area (Å²) in [7, 11) is 0. The molecule has 31 heavy (non-hydrogen) atoms. The van der Waals surface area contributed by atoms with E-state index in [4.69, 9.17) is 0 Å². The average Bonchev–Trinajstić information content (AvgIpc) is 2.78. The van der Waals surface area contributed by atoms with Crippen LogP contribution in [0.5, 0.6) is 0 Å². The van der Waals surface area contributed by atoms with Gasteiger partial charge in [-0.15, -0.1) is 0 Å². The molecule has 2 saturated heterocycles. The molecule has 0 bridgehead atoms. The van der Waals surface area contributed by atoms with Crippen LogP contribution in [-0.2, 0) is 9.59 Å². The third-order valence-electron chi connectivity index (χ3n) is 7.92. The number of hydrogen-bond donors (Lipinski definition) is 3. The Kier molecular flexibility index (Phi) is 7.28. The van der Waals surface area contributed by atoms with Crippen molar-refractivity contribution in [3.63, 3.8) is 0 Å². The van der Waals surface area contributed by atoms with Gasteiger partial charge >= 0.3 is 0 Å². The molecule has 3 fully saturated rings. The topological polar surface area (TPSA) is 58.3 Å². The van der Waals surface area contributed by atoms with Gasteiger partial charge in [0.05, 0.1) is 0 Å². The SMILES string of the molecule is Cc1cccc(NC(=O)C[NH+]2CC[NH+](CC(=O)N3CCC[C@H]4CCCC[C@H]43)CC2)c1C. The van der Waals surface area contributed by atoms with Gasteiger partial charge in [-0.3, -0.25) is 9.59 Å². The first kappa shape index (κ1) is 22.3. The van der Waals surface area contributed by atoms with Crippen LogP contribution in [0.15, 0.2) is 18.2 Å². The molecule has 6 nitrogen and oxygen atoms in total. The van der Waals surface area contributed by atoms with E-state index in [1.54, 1.807) is 0 Å². The van der Waals surface area contributed by atoms with Crippen LogP contribution in [0, 0.1) is 19.8 Å². The van der Waals surface area contributed by atoms with Crippen LogP contribution in [-0.4, -0.2) is 68.6 Å². The maximum atomic E-state index is 13.1. The number of nitrogens with one attached hydrogen (secondary N) is 3. The second kappa shape index (κ2) is 10.1. The molecule has 6 heteroatoms. The monoisotopic (exact) mass is 428 g/mol. The van der Waals surface area contributed by atoms with Crippen molar-refractivity contribution in [3.8, 4) is 0 Å². The molecule has 2 aliphatic heterocycles. The second-order valence-electron chi connectivity index (χ2n) is 9.99. The lowest BCUT2D eigenvalue weighted by Crippen LogP contribution is -3.28. The van der Waals surface area contributed by atoms with Crippen LogP contribution in [0.4, 0.5) is 5.69 Å². The Hall–Kier alpha value is -1.92. The van der Waals surface area contributed by atoms with Crippen LogP contribution in [0.25, 0.3) is 0 Å². The highest BCUT2D eigenvalue weighted by atomic mass is 16.2. The van der Waals surface area contributed by atoms with Crippen LogP contribution < -0.4 is 15.1 Å². The number of carbonyl (C=O) groups excluding carboxylic acids is 2. The molecule has 3 N–H and O–H groups in total. The molecular weight excluding hydrogens is 388 g/mol. The number of quaternary nitrogens is 2. The first-order valence-corrected chi connectivity index (χ1v) is 12.3. The molecule has 4 rings (SSSR count). The number of aryl methyl sites for hydroxylation is 1. The summed E-state index contributed by atoms with van der Waals surface area (Å²) in [5.41, 5.74) is 3.25. The summed E-state index contributed by atoms with van der Waals surface area (Å²) in [5.74, 6) is 1.20. The molecule has 0 aromatic heterocycles. The smallest absolute Gasteiger partial charge is 0.279 e. The zero-order valence-electron chi connectivity index (χ0n) is 19.3. The molecule has 170 valence electrons. The highest BCUT2D eigenvalue weighted by molar-refractivity contribution is 5.92. The van der Waals surface area contributed by atoms with Gasteiger partial charge in [-0.1, -0.05) is 25.0 Å². The number of hydrogen-bond acceptors (Lipinski definition) is 2. The third-order valence-corrected chi connectivity index (χ3v) is 7.92. The molecule has 1 aromatic carbocycles. The zero-order valence-corrected chi connectivity index (χ0v) is 19.3. The summed E-state index contributed by atoms with van der Waals surface area (Å²) in [5, 5.41) is 3.08. The van der Waals surface area contributed by atoms with Crippen LogP contribution >= 0.6 is 0 Å². The number of nitrogens with zero attached hydrogens (tertiary/aromatic N) is 1. The van der Waals surface area contributed by atoms with Crippen molar-refractivity contribution >= 4 is 17.5 Å². The fourth-order valence-corrected chi connectivity index (χ4v) is 5.87. The molecule has 2 amide bonds. The van der Waals surface area contributed by atoms with Gasteiger partial charge in [0.1, 0.15) is 26.2 Å². The van der Waals surface area contributed by atoms with Gasteiger partial charge in [-0.2, -0.15) is 0 Å². The van der Waals surface area contributed by atoms with Gasteiger partial charge in [0.25, 0.3) is 11.8 Å². The lowest BCUT2D eigenvalue weighted by atomic mass is 9.78. The average molecular weight is 429 g/mol. The molecule has 1 aliphatic carbocycles. The van der Waals surface area contributed by atoms with Crippen molar-refractivity contribution in [2.45, 2.75) is 58.4 Å². The van der Waals surface area contributed by atoms with E-state index in [-0.39, 0.29) is 5.91 Å². The molecule has 0 radical (unpaired) electrons. The Bertz CT molecular complexity index is 786. The van der Waals surface area contributed by atoms with Gasteiger partial charge in [-0.05, 0) is 62.6 Å².